The van der Waals surface area contributed by atoms with Gasteiger partial charge in [-0.1, -0.05) is 5.16 Å². The number of rotatable bonds is 7. The van der Waals surface area contributed by atoms with Crippen molar-refractivity contribution in [2.24, 2.45) is 10.9 Å². The van der Waals surface area contributed by atoms with Crippen molar-refractivity contribution in [1.82, 2.24) is 0 Å². The summed E-state index contributed by atoms with van der Waals surface area (Å²) in [5, 5.41) is 3.63. The van der Waals surface area contributed by atoms with Gasteiger partial charge in [0.05, 0.1) is 19.4 Å². The minimum Gasteiger partial charge on any atom is -0.493 e. The summed E-state index contributed by atoms with van der Waals surface area (Å²) in [4.78, 5) is 15.1. The van der Waals surface area contributed by atoms with E-state index in [-0.39, 0.29) is 12.7 Å². The zero-order chi connectivity index (χ0) is 14.3. The summed E-state index contributed by atoms with van der Waals surface area (Å²) >= 11 is 0. The second-order valence-electron chi connectivity index (χ2n) is 4.05. The van der Waals surface area contributed by atoms with Gasteiger partial charge in [0.25, 0.3) is 5.91 Å². The van der Waals surface area contributed by atoms with Crippen molar-refractivity contribution < 1.29 is 19.1 Å². The van der Waals surface area contributed by atoms with E-state index in [2.05, 4.69) is 5.16 Å². The van der Waals surface area contributed by atoms with Gasteiger partial charge in [-0.2, -0.15) is 0 Å². The van der Waals surface area contributed by atoms with Gasteiger partial charge in [0.2, 0.25) is 0 Å². The molecule has 0 bridgehead atoms. The second kappa shape index (κ2) is 7.25. The van der Waals surface area contributed by atoms with E-state index in [9.17, 15) is 4.79 Å². The van der Waals surface area contributed by atoms with E-state index in [1.165, 1.54) is 6.21 Å². The standard InChI is InChI=1S/C13H18N2O4/c1-9(2)19-11-5-4-10(6-12(11)17-3)7-15-18-8-13(14)16/h4-7,9H,8H2,1-3H3,(H2,14,16)/b15-7-. The largest absolute Gasteiger partial charge is 0.493 e. The number of oxime groups is 1. The number of benzene rings is 1. The van der Waals surface area contributed by atoms with Gasteiger partial charge in [-0.3, -0.25) is 4.79 Å². The molecular weight excluding hydrogens is 248 g/mol. The van der Waals surface area contributed by atoms with Crippen molar-refractivity contribution in [2.75, 3.05) is 13.7 Å². The topological polar surface area (TPSA) is 83.1 Å². The number of carbonyl (C=O) groups excluding carboxylic acids is 1. The molecule has 0 aromatic heterocycles. The summed E-state index contributed by atoms with van der Waals surface area (Å²) in [7, 11) is 1.56. The molecule has 19 heavy (non-hydrogen) atoms. The zero-order valence-corrected chi connectivity index (χ0v) is 11.3. The summed E-state index contributed by atoms with van der Waals surface area (Å²) < 4.78 is 10.8. The maximum atomic E-state index is 10.4. The van der Waals surface area contributed by atoms with E-state index in [1.54, 1.807) is 25.3 Å². The monoisotopic (exact) mass is 266 g/mol. The molecule has 104 valence electrons. The van der Waals surface area contributed by atoms with Gasteiger partial charge >= 0.3 is 0 Å². The summed E-state index contributed by atoms with van der Waals surface area (Å²) in [5.74, 6) is 0.690. The predicted molar refractivity (Wildman–Crippen MR) is 71.5 cm³/mol. The number of nitrogens with zero attached hydrogens (tertiary/aromatic N) is 1. The fraction of sp³-hybridized carbons (Fsp3) is 0.385. The predicted octanol–water partition coefficient (Wildman–Crippen LogP) is 1.32. The van der Waals surface area contributed by atoms with Crippen molar-refractivity contribution in [3.05, 3.63) is 23.8 Å². The Hall–Kier alpha value is -2.24. The maximum Gasteiger partial charge on any atom is 0.258 e. The Morgan fingerprint density at radius 1 is 1.42 bits per heavy atom. The second-order valence-corrected chi connectivity index (χ2v) is 4.05. The number of hydrogen-bond donors (Lipinski definition) is 1. The van der Waals surface area contributed by atoms with E-state index in [0.29, 0.717) is 11.5 Å². The molecule has 0 saturated carbocycles. The zero-order valence-electron chi connectivity index (χ0n) is 11.3. The van der Waals surface area contributed by atoms with Crippen LogP contribution in [-0.4, -0.2) is 31.9 Å². The van der Waals surface area contributed by atoms with Crippen LogP contribution in [0.2, 0.25) is 0 Å². The molecule has 0 spiro atoms. The van der Waals surface area contributed by atoms with Crippen LogP contribution in [0.1, 0.15) is 19.4 Å². The molecular formula is C13H18N2O4. The molecule has 1 rings (SSSR count). The SMILES string of the molecule is COc1cc(/C=N\OCC(N)=O)ccc1OC(C)C. The molecule has 2 N–H and O–H groups in total. The molecule has 1 aromatic rings. The third kappa shape index (κ3) is 5.29. The van der Waals surface area contributed by atoms with Crippen LogP contribution in [0.25, 0.3) is 0 Å². The first-order valence-electron chi connectivity index (χ1n) is 5.81. The lowest BCUT2D eigenvalue weighted by molar-refractivity contribution is -0.122. The van der Waals surface area contributed by atoms with Crippen molar-refractivity contribution in [2.45, 2.75) is 20.0 Å². The van der Waals surface area contributed by atoms with Gasteiger partial charge < -0.3 is 20.0 Å². The van der Waals surface area contributed by atoms with Gasteiger partial charge in [0.15, 0.2) is 18.1 Å². The smallest absolute Gasteiger partial charge is 0.258 e. The lowest BCUT2D eigenvalue weighted by atomic mass is 10.2. The molecule has 0 atom stereocenters. The minimum absolute atomic E-state index is 0.0623. The third-order valence-electron chi connectivity index (χ3n) is 2.03. The lowest BCUT2D eigenvalue weighted by Gasteiger charge is -2.13. The molecule has 0 unspecified atom stereocenters. The van der Waals surface area contributed by atoms with Crippen LogP contribution < -0.4 is 15.2 Å². The number of hydrogen-bond acceptors (Lipinski definition) is 5. The first-order valence-corrected chi connectivity index (χ1v) is 5.81. The van der Waals surface area contributed by atoms with E-state index >= 15 is 0 Å². The van der Waals surface area contributed by atoms with E-state index in [1.807, 2.05) is 13.8 Å². The molecule has 0 aliphatic carbocycles. The van der Waals surface area contributed by atoms with Gasteiger partial charge in [-0.05, 0) is 32.0 Å². The fourth-order valence-corrected chi connectivity index (χ4v) is 1.31. The third-order valence-corrected chi connectivity index (χ3v) is 2.03. The van der Waals surface area contributed by atoms with Crippen LogP contribution >= 0.6 is 0 Å². The Bertz CT molecular complexity index is 458. The number of methoxy groups -OCH3 is 1. The minimum atomic E-state index is -0.574. The van der Waals surface area contributed by atoms with E-state index in [0.717, 1.165) is 5.56 Å². The number of amides is 1. The van der Waals surface area contributed by atoms with Gasteiger partial charge in [0.1, 0.15) is 0 Å². The van der Waals surface area contributed by atoms with E-state index < -0.39 is 5.91 Å². The summed E-state index contributed by atoms with van der Waals surface area (Å²) in [6.45, 7) is 3.63. The van der Waals surface area contributed by atoms with E-state index in [4.69, 9.17) is 20.0 Å². The van der Waals surface area contributed by atoms with Crippen molar-refractivity contribution in [1.29, 1.82) is 0 Å². The van der Waals surface area contributed by atoms with Gasteiger partial charge in [0, 0.05) is 5.56 Å². The van der Waals surface area contributed by atoms with Crippen molar-refractivity contribution in [3.8, 4) is 11.5 Å². The number of carbonyl (C=O) groups is 1. The average molecular weight is 266 g/mol. The number of ether oxygens (including phenoxy) is 2. The molecule has 0 radical (unpaired) electrons. The highest BCUT2D eigenvalue weighted by Gasteiger charge is 2.06. The maximum absolute atomic E-state index is 10.4. The normalized spacial score (nSPS) is 10.7. The highest BCUT2D eigenvalue weighted by molar-refractivity contribution is 5.80. The molecule has 6 nitrogen and oxygen atoms in total. The van der Waals surface area contributed by atoms with Gasteiger partial charge in [-0.25, -0.2) is 0 Å². The summed E-state index contributed by atoms with van der Waals surface area (Å²) in [6, 6.07) is 5.35. The van der Waals surface area contributed by atoms with Crippen molar-refractivity contribution in [3.63, 3.8) is 0 Å². The van der Waals surface area contributed by atoms with Crippen LogP contribution in [-0.2, 0) is 9.63 Å². The lowest BCUT2D eigenvalue weighted by Crippen LogP contribution is -2.16. The van der Waals surface area contributed by atoms with Crippen LogP contribution in [0.3, 0.4) is 0 Å². The molecule has 0 saturated heterocycles. The Labute approximate surface area is 112 Å². The first kappa shape index (κ1) is 14.8. The molecule has 0 aliphatic rings. The Balaban J connectivity index is 2.73. The van der Waals surface area contributed by atoms with Crippen LogP contribution in [0.5, 0.6) is 11.5 Å². The quantitative estimate of drug-likeness (QED) is 0.596. The molecule has 0 heterocycles. The first-order chi connectivity index (χ1) is 9.02. The average Bonchev–Trinajstić information content (AvgIpc) is 2.35. The van der Waals surface area contributed by atoms with Crippen LogP contribution in [0.4, 0.5) is 0 Å². The molecule has 1 amide bonds. The fourth-order valence-electron chi connectivity index (χ4n) is 1.31. The molecule has 1 aromatic carbocycles. The number of nitrogens with two attached hydrogens (primary N) is 1. The molecule has 6 heteroatoms. The highest BCUT2D eigenvalue weighted by atomic mass is 16.6. The van der Waals surface area contributed by atoms with Crippen molar-refractivity contribution >= 4 is 12.1 Å². The van der Waals surface area contributed by atoms with Gasteiger partial charge in [-0.15, -0.1) is 0 Å². The van der Waals surface area contributed by atoms with Crippen LogP contribution in [0, 0.1) is 0 Å². The Morgan fingerprint density at radius 3 is 2.74 bits per heavy atom. The van der Waals surface area contributed by atoms with Crippen LogP contribution in [0.15, 0.2) is 23.4 Å². The summed E-state index contributed by atoms with van der Waals surface area (Å²) in [5.41, 5.74) is 5.67. The Morgan fingerprint density at radius 2 is 2.16 bits per heavy atom. The molecule has 0 fully saturated rings. The highest BCUT2D eigenvalue weighted by Crippen LogP contribution is 2.28. The molecule has 0 aliphatic heterocycles. The Kier molecular flexibility index (Phi) is 5.66. The number of primary amides is 1. The summed E-state index contributed by atoms with van der Waals surface area (Å²) in [6.07, 6.45) is 1.53.